The molecule has 0 aliphatic heterocycles. The summed E-state index contributed by atoms with van der Waals surface area (Å²) in [5, 5.41) is 0. The van der Waals surface area contributed by atoms with Gasteiger partial charge in [-0.05, 0) is 24.8 Å². The molecule has 0 saturated heterocycles. The fourth-order valence-electron chi connectivity index (χ4n) is 1.50. The second kappa shape index (κ2) is 6.93. The smallest absolute Gasteiger partial charge is 0.150 e. The number of rotatable bonds is 7. The summed E-state index contributed by atoms with van der Waals surface area (Å²) >= 11 is 0. The van der Waals surface area contributed by atoms with Crippen LogP contribution in [0.4, 0.5) is 0 Å². The van der Waals surface area contributed by atoms with Crippen LogP contribution in [0.1, 0.15) is 41.6 Å². The second-order valence-electron chi connectivity index (χ2n) is 3.63. The minimum absolute atomic E-state index is 0.671. The molecule has 0 fully saturated rings. The first-order valence-corrected chi connectivity index (χ1v) is 5.34. The quantitative estimate of drug-likeness (QED) is 0.505. The summed E-state index contributed by atoms with van der Waals surface area (Å²) in [5.41, 5.74) is 1.98. The Hall–Kier alpha value is -1.44. The summed E-state index contributed by atoms with van der Waals surface area (Å²) < 4.78 is 0. The van der Waals surface area contributed by atoms with Gasteiger partial charge in [-0.2, -0.15) is 0 Å². The lowest BCUT2D eigenvalue weighted by molar-refractivity contribution is -0.107. The van der Waals surface area contributed by atoms with Gasteiger partial charge in [0.15, 0.2) is 0 Å². The number of unbranched alkanes of at least 4 members (excludes halogenated alkanes) is 3. The average Bonchev–Trinajstić information content (AvgIpc) is 2.30. The van der Waals surface area contributed by atoms with E-state index in [-0.39, 0.29) is 0 Å². The maximum atomic E-state index is 10.4. The van der Waals surface area contributed by atoms with Gasteiger partial charge in [0.2, 0.25) is 0 Å². The molecule has 0 radical (unpaired) electrons. The molecule has 15 heavy (non-hydrogen) atoms. The molecule has 0 spiro atoms. The molecule has 0 bridgehead atoms. The van der Waals surface area contributed by atoms with E-state index in [0.717, 1.165) is 43.8 Å². The lowest BCUT2D eigenvalue weighted by Crippen LogP contribution is -1.87. The molecule has 0 atom stereocenters. The molecule has 0 N–H and O–H groups in total. The van der Waals surface area contributed by atoms with Gasteiger partial charge < -0.3 is 4.79 Å². The van der Waals surface area contributed by atoms with Crippen molar-refractivity contribution in [1.82, 2.24) is 0 Å². The lowest BCUT2D eigenvalue weighted by atomic mass is 10.1. The van der Waals surface area contributed by atoms with Crippen molar-refractivity contribution in [3.8, 4) is 0 Å². The van der Waals surface area contributed by atoms with Crippen LogP contribution in [0.5, 0.6) is 0 Å². The Kier molecular flexibility index (Phi) is 5.38. The van der Waals surface area contributed by atoms with E-state index < -0.39 is 0 Å². The molecule has 1 aromatic rings. The van der Waals surface area contributed by atoms with Crippen molar-refractivity contribution >= 4 is 12.6 Å². The molecule has 1 rings (SSSR count). The Bertz CT molecular complexity index is 301. The third-order valence-electron chi connectivity index (χ3n) is 2.40. The average molecular weight is 204 g/mol. The Morgan fingerprint density at radius 1 is 0.933 bits per heavy atom. The zero-order valence-electron chi connectivity index (χ0n) is 8.82. The standard InChI is InChI=1S/C13H16O2/c14-10-4-2-1-3-5-12-6-8-13(11-15)9-7-12/h6-11H,1-5H2. The van der Waals surface area contributed by atoms with Crippen LogP contribution in [-0.4, -0.2) is 12.6 Å². The molecule has 2 nitrogen and oxygen atoms in total. The first-order valence-electron chi connectivity index (χ1n) is 5.34. The normalized spacial score (nSPS) is 9.87. The van der Waals surface area contributed by atoms with Crippen LogP contribution in [-0.2, 0) is 11.2 Å². The topological polar surface area (TPSA) is 34.1 Å². The molecule has 2 heteroatoms. The fourth-order valence-corrected chi connectivity index (χ4v) is 1.50. The van der Waals surface area contributed by atoms with E-state index in [1.54, 1.807) is 0 Å². The maximum absolute atomic E-state index is 10.4. The molecule has 1 aromatic carbocycles. The Morgan fingerprint density at radius 3 is 2.27 bits per heavy atom. The molecular formula is C13H16O2. The minimum Gasteiger partial charge on any atom is -0.303 e. The van der Waals surface area contributed by atoms with E-state index >= 15 is 0 Å². The van der Waals surface area contributed by atoms with E-state index in [2.05, 4.69) is 0 Å². The van der Waals surface area contributed by atoms with Crippen LogP contribution in [0, 0.1) is 0 Å². The largest absolute Gasteiger partial charge is 0.303 e. The summed E-state index contributed by atoms with van der Waals surface area (Å²) in [5.74, 6) is 0. The lowest BCUT2D eigenvalue weighted by Gasteiger charge is -2.00. The third kappa shape index (κ3) is 4.54. The van der Waals surface area contributed by atoms with Gasteiger partial charge in [-0.15, -0.1) is 0 Å². The molecule has 0 amide bonds. The van der Waals surface area contributed by atoms with Crippen molar-refractivity contribution < 1.29 is 9.59 Å². The zero-order valence-corrected chi connectivity index (χ0v) is 8.82. The van der Waals surface area contributed by atoms with Gasteiger partial charge in [0.05, 0.1) is 0 Å². The predicted octanol–water partition coefficient (Wildman–Crippen LogP) is 2.80. The number of carbonyl (C=O) groups excluding carboxylic acids is 2. The number of benzene rings is 1. The molecule has 0 heterocycles. The summed E-state index contributed by atoms with van der Waals surface area (Å²) in [7, 11) is 0. The fraction of sp³-hybridized carbons (Fsp3) is 0.385. The number of aldehydes is 2. The van der Waals surface area contributed by atoms with E-state index in [1.165, 1.54) is 5.56 Å². The van der Waals surface area contributed by atoms with Crippen LogP contribution in [0.15, 0.2) is 24.3 Å². The number of aryl methyl sites for hydroxylation is 1. The van der Waals surface area contributed by atoms with E-state index in [0.29, 0.717) is 6.42 Å². The Labute approximate surface area is 90.3 Å². The van der Waals surface area contributed by atoms with Gasteiger partial charge >= 0.3 is 0 Å². The first-order chi connectivity index (χ1) is 7.36. The highest BCUT2D eigenvalue weighted by Gasteiger charge is 1.94. The van der Waals surface area contributed by atoms with E-state index in [1.807, 2.05) is 24.3 Å². The van der Waals surface area contributed by atoms with E-state index in [9.17, 15) is 9.59 Å². The van der Waals surface area contributed by atoms with Crippen LogP contribution >= 0.6 is 0 Å². The van der Waals surface area contributed by atoms with Gasteiger partial charge in [-0.1, -0.05) is 30.7 Å². The highest BCUT2D eigenvalue weighted by atomic mass is 16.1. The SMILES string of the molecule is O=CCCCCCc1ccc(C=O)cc1. The van der Waals surface area contributed by atoms with Gasteiger partial charge in [0.1, 0.15) is 12.6 Å². The van der Waals surface area contributed by atoms with Crippen molar-refractivity contribution in [3.63, 3.8) is 0 Å². The monoisotopic (exact) mass is 204 g/mol. The van der Waals surface area contributed by atoms with Crippen molar-refractivity contribution in [2.75, 3.05) is 0 Å². The van der Waals surface area contributed by atoms with Gasteiger partial charge in [-0.25, -0.2) is 0 Å². The Morgan fingerprint density at radius 2 is 1.67 bits per heavy atom. The number of carbonyl (C=O) groups is 2. The predicted molar refractivity (Wildman–Crippen MR) is 60.1 cm³/mol. The van der Waals surface area contributed by atoms with Gasteiger partial charge in [0.25, 0.3) is 0 Å². The Balaban J connectivity index is 2.25. The first kappa shape index (κ1) is 11.6. The number of hydrogen-bond donors (Lipinski definition) is 0. The molecule has 0 aliphatic rings. The van der Waals surface area contributed by atoms with Crippen molar-refractivity contribution in [2.45, 2.75) is 32.1 Å². The highest BCUT2D eigenvalue weighted by Crippen LogP contribution is 2.08. The van der Waals surface area contributed by atoms with Gasteiger partial charge in [0, 0.05) is 12.0 Å². The van der Waals surface area contributed by atoms with Crippen molar-refractivity contribution in [3.05, 3.63) is 35.4 Å². The zero-order chi connectivity index (χ0) is 10.9. The molecule has 0 saturated carbocycles. The summed E-state index contributed by atoms with van der Waals surface area (Å²) in [6, 6.07) is 7.66. The molecule has 0 aromatic heterocycles. The van der Waals surface area contributed by atoms with Crippen molar-refractivity contribution in [1.29, 1.82) is 0 Å². The second-order valence-corrected chi connectivity index (χ2v) is 3.63. The highest BCUT2D eigenvalue weighted by molar-refractivity contribution is 5.74. The van der Waals surface area contributed by atoms with Crippen LogP contribution in [0.25, 0.3) is 0 Å². The molecule has 0 unspecified atom stereocenters. The van der Waals surface area contributed by atoms with Crippen LogP contribution in [0.3, 0.4) is 0 Å². The van der Waals surface area contributed by atoms with Crippen LogP contribution < -0.4 is 0 Å². The minimum atomic E-state index is 0.671. The van der Waals surface area contributed by atoms with Crippen molar-refractivity contribution in [2.24, 2.45) is 0 Å². The summed E-state index contributed by atoms with van der Waals surface area (Å²) in [6.45, 7) is 0. The third-order valence-corrected chi connectivity index (χ3v) is 2.40. The molecule has 0 aliphatic carbocycles. The summed E-state index contributed by atoms with van der Waals surface area (Å²) in [6.07, 6.45) is 6.70. The summed E-state index contributed by atoms with van der Waals surface area (Å²) in [4.78, 5) is 20.5. The molecule has 80 valence electrons. The maximum Gasteiger partial charge on any atom is 0.150 e. The molecular weight excluding hydrogens is 188 g/mol. The van der Waals surface area contributed by atoms with Crippen LogP contribution in [0.2, 0.25) is 0 Å². The number of hydrogen-bond acceptors (Lipinski definition) is 2. The van der Waals surface area contributed by atoms with E-state index in [4.69, 9.17) is 0 Å². The van der Waals surface area contributed by atoms with Gasteiger partial charge in [-0.3, -0.25) is 4.79 Å².